The van der Waals surface area contributed by atoms with Gasteiger partial charge in [0.25, 0.3) is 0 Å². The van der Waals surface area contributed by atoms with Crippen LogP contribution in [0.1, 0.15) is 24.1 Å². The molecule has 1 N–H and O–H groups in total. The van der Waals surface area contributed by atoms with Crippen molar-refractivity contribution < 1.29 is 13.5 Å². The van der Waals surface area contributed by atoms with E-state index < -0.39 is 10.0 Å². The molecule has 0 spiro atoms. The molecule has 1 fully saturated rings. The van der Waals surface area contributed by atoms with Gasteiger partial charge in [0.1, 0.15) is 4.90 Å². The van der Waals surface area contributed by atoms with Crippen molar-refractivity contribution >= 4 is 37.3 Å². The first-order chi connectivity index (χ1) is 9.73. The molecule has 5 nitrogen and oxygen atoms in total. The minimum atomic E-state index is -3.54. The molecule has 0 atom stereocenters. The Morgan fingerprint density at radius 3 is 2.38 bits per heavy atom. The van der Waals surface area contributed by atoms with E-state index in [0.717, 1.165) is 19.3 Å². The van der Waals surface area contributed by atoms with Crippen LogP contribution in [0.25, 0.3) is 0 Å². The van der Waals surface area contributed by atoms with Gasteiger partial charge in [-0.3, -0.25) is 0 Å². The van der Waals surface area contributed by atoms with E-state index in [2.05, 4.69) is 20.8 Å². The summed E-state index contributed by atoms with van der Waals surface area (Å²) in [6, 6.07) is 1.55. The molecule has 0 unspecified atom stereocenters. The molecule has 0 saturated heterocycles. The number of hydrogen-bond donors (Lipinski definition) is 1. The van der Waals surface area contributed by atoms with Crippen molar-refractivity contribution in [2.75, 3.05) is 27.7 Å². The number of likely N-dealkylation sites (N-methyl/N-ethyl adjacent to an activating group) is 2. The van der Waals surface area contributed by atoms with Crippen LogP contribution in [0.4, 0.5) is 0 Å². The van der Waals surface area contributed by atoms with E-state index in [1.54, 1.807) is 13.1 Å². The van der Waals surface area contributed by atoms with Crippen LogP contribution in [0.15, 0.2) is 14.7 Å². The van der Waals surface area contributed by atoms with E-state index in [9.17, 15) is 8.42 Å². The summed E-state index contributed by atoms with van der Waals surface area (Å²) < 4.78 is 27.4. The lowest BCUT2D eigenvalue weighted by atomic mass is 9.75. The fourth-order valence-corrected chi connectivity index (χ4v) is 6.39. The Hall–Kier alpha value is 0.01000. The smallest absolute Gasteiger partial charge is 0.244 e. The van der Waals surface area contributed by atoms with Crippen molar-refractivity contribution in [1.29, 1.82) is 0 Å². The summed E-state index contributed by atoms with van der Waals surface area (Å²) in [6.07, 6.45) is 3.18. The highest BCUT2D eigenvalue weighted by Crippen LogP contribution is 2.39. The van der Waals surface area contributed by atoms with Crippen LogP contribution in [-0.4, -0.2) is 56.0 Å². The van der Waals surface area contributed by atoms with Gasteiger partial charge in [0.15, 0.2) is 0 Å². The van der Waals surface area contributed by atoms with E-state index in [4.69, 9.17) is 5.11 Å². The Bertz CT molecular complexity index is 609. The zero-order valence-corrected chi connectivity index (χ0v) is 15.7. The van der Waals surface area contributed by atoms with Crippen LogP contribution in [0, 0.1) is 0 Å². The number of sulfonamides is 1. The number of thiophene rings is 1. The highest BCUT2D eigenvalue weighted by Gasteiger charge is 2.42. The van der Waals surface area contributed by atoms with E-state index in [1.165, 1.54) is 15.6 Å². The van der Waals surface area contributed by atoms with Crippen LogP contribution >= 0.6 is 27.3 Å². The zero-order chi connectivity index (χ0) is 15.8. The van der Waals surface area contributed by atoms with Crippen LogP contribution in [0.5, 0.6) is 0 Å². The van der Waals surface area contributed by atoms with Gasteiger partial charge in [-0.15, -0.1) is 11.3 Å². The van der Waals surface area contributed by atoms with E-state index >= 15 is 0 Å². The third-order valence-corrected chi connectivity index (χ3v) is 8.34. The van der Waals surface area contributed by atoms with Gasteiger partial charge in [0.05, 0.1) is 10.4 Å². The largest absolute Gasteiger partial charge is 0.391 e. The van der Waals surface area contributed by atoms with Gasteiger partial charge in [0, 0.05) is 24.0 Å². The van der Waals surface area contributed by atoms with Gasteiger partial charge < -0.3 is 10.0 Å². The molecule has 1 aromatic rings. The van der Waals surface area contributed by atoms with Crippen molar-refractivity contribution in [2.24, 2.45) is 0 Å². The second kappa shape index (κ2) is 6.25. The third kappa shape index (κ3) is 3.20. The number of hydrogen-bond acceptors (Lipinski definition) is 5. The molecule has 1 aromatic heterocycles. The first-order valence-electron chi connectivity index (χ1n) is 6.76. The first-order valence-corrected chi connectivity index (χ1v) is 9.81. The topological polar surface area (TPSA) is 60.9 Å². The molecule has 0 aliphatic heterocycles. The van der Waals surface area contributed by atoms with E-state index in [-0.39, 0.29) is 17.0 Å². The summed E-state index contributed by atoms with van der Waals surface area (Å²) >= 11 is 4.55. The fourth-order valence-electron chi connectivity index (χ4n) is 2.65. The Morgan fingerprint density at radius 1 is 1.38 bits per heavy atom. The molecule has 21 heavy (non-hydrogen) atoms. The Morgan fingerprint density at radius 2 is 2.00 bits per heavy atom. The lowest BCUT2D eigenvalue weighted by Crippen LogP contribution is -2.57. The number of rotatable bonds is 6. The summed E-state index contributed by atoms with van der Waals surface area (Å²) in [5.41, 5.74) is -0.0515. The maximum Gasteiger partial charge on any atom is 0.244 e. The van der Waals surface area contributed by atoms with Crippen molar-refractivity contribution in [1.82, 2.24) is 9.21 Å². The predicted molar refractivity (Wildman–Crippen MR) is 88.0 cm³/mol. The second-order valence-electron chi connectivity index (χ2n) is 5.74. The first kappa shape index (κ1) is 17.4. The normalized spacial score (nSPS) is 18.2. The van der Waals surface area contributed by atoms with Gasteiger partial charge >= 0.3 is 0 Å². The van der Waals surface area contributed by atoms with Crippen LogP contribution in [0.3, 0.4) is 0 Å². The molecule has 0 aromatic carbocycles. The zero-order valence-electron chi connectivity index (χ0n) is 12.5. The van der Waals surface area contributed by atoms with Crippen molar-refractivity contribution in [3.63, 3.8) is 0 Å². The van der Waals surface area contributed by atoms with Crippen molar-refractivity contribution in [3.05, 3.63) is 14.7 Å². The molecule has 1 aliphatic rings. The third-order valence-electron chi connectivity index (χ3n) is 4.30. The highest BCUT2D eigenvalue weighted by atomic mass is 79.9. The molecule has 0 radical (unpaired) electrons. The van der Waals surface area contributed by atoms with Crippen molar-refractivity contribution in [3.8, 4) is 0 Å². The SMILES string of the molecule is CN(C)C1(CN(C)S(=O)(=O)c2cc(CO)sc2Br)CCC1. The van der Waals surface area contributed by atoms with Gasteiger partial charge in [-0.25, -0.2) is 8.42 Å². The minimum Gasteiger partial charge on any atom is -0.391 e. The summed E-state index contributed by atoms with van der Waals surface area (Å²) in [5, 5.41) is 9.16. The number of aliphatic hydroxyl groups is 1. The summed E-state index contributed by atoms with van der Waals surface area (Å²) in [7, 11) is 2.09. The van der Waals surface area contributed by atoms with Crippen molar-refractivity contribution in [2.45, 2.75) is 36.3 Å². The van der Waals surface area contributed by atoms with Gasteiger partial charge in [-0.05, 0) is 55.4 Å². The van der Waals surface area contributed by atoms with E-state index in [1.807, 2.05) is 14.1 Å². The average molecular weight is 397 g/mol. The fraction of sp³-hybridized carbons (Fsp3) is 0.692. The van der Waals surface area contributed by atoms with Crippen LogP contribution in [0.2, 0.25) is 0 Å². The molecular formula is C13H21BrN2O3S2. The number of aliphatic hydroxyl groups excluding tert-OH is 1. The van der Waals surface area contributed by atoms with Gasteiger partial charge in [0.2, 0.25) is 10.0 Å². The highest BCUT2D eigenvalue weighted by molar-refractivity contribution is 9.11. The lowest BCUT2D eigenvalue weighted by molar-refractivity contribution is 0.0455. The molecule has 1 aliphatic carbocycles. The Kier molecular flexibility index (Phi) is 5.17. The van der Waals surface area contributed by atoms with E-state index in [0.29, 0.717) is 15.2 Å². The predicted octanol–water partition coefficient (Wildman–Crippen LogP) is 2.11. The monoisotopic (exact) mass is 396 g/mol. The van der Waals surface area contributed by atoms with Crippen LogP contribution in [-0.2, 0) is 16.6 Å². The summed E-state index contributed by atoms with van der Waals surface area (Å²) in [4.78, 5) is 3.01. The second-order valence-corrected chi connectivity index (χ2v) is 10.2. The number of halogens is 1. The molecular weight excluding hydrogens is 376 g/mol. The summed E-state index contributed by atoms with van der Waals surface area (Å²) in [6.45, 7) is 0.337. The maximum absolute atomic E-state index is 12.7. The molecule has 0 amide bonds. The molecule has 2 rings (SSSR count). The average Bonchev–Trinajstić information content (AvgIpc) is 2.74. The van der Waals surface area contributed by atoms with Gasteiger partial charge in [-0.1, -0.05) is 0 Å². The summed E-state index contributed by atoms with van der Waals surface area (Å²) in [5.74, 6) is 0. The molecule has 120 valence electrons. The molecule has 8 heteroatoms. The lowest BCUT2D eigenvalue weighted by Gasteiger charge is -2.48. The van der Waals surface area contributed by atoms with Gasteiger partial charge in [-0.2, -0.15) is 4.31 Å². The van der Waals surface area contributed by atoms with Crippen LogP contribution < -0.4 is 0 Å². The standard InChI is InChI=1S/C13H21BrN2O3S2/c1-15(2)13(5-4-6-13)9-16(3)21(18,19)11-7-10(8-17)20-12(11)14/h7,17H,4-6,8-9H2,1-3H3. The number of nitrogens with zero attached hydrogens (tertiary/aromatic N) is 2. The minimum absolute atomic E-state index is 0.0515. The quantitative estimate of drug-likeness (QED) is 0.799. The molecule has 1 heterocycles. The molecule has 0 bridgehead atoms. The maximum atomic E-state index is 12.7. The Balaban J connectivity index is 2.24. The Labute approximate surface area is 138 Å². The molecule has 1 saturated carbocycles.